The van der Waals surface area contributed by atoms with E-state index in [0.717, 1.165) is 5.82 Å². The van der Waals surface area contributed by atoms with Crippen molar-refractivity contribution in [2.24, 2.45) is 0 Å². The SMILES string of the molecule is CC1SCCC1Nc1cnc(N)cn1. The standard InChI is InChI=1S/C9H14N4S/c1-6-7(2-3-14-6)13-9-5-11-8(10)4-12-9/h4-7H,2-3H2,1H3,(H2,10,11)(H,12,13). The van der Waals surface area contributed by atoms with Gasteiger partial charge in [0.05, 0.1) is 12.4 Å². The van der Waals surface area contributed by atoms with Gasteiger partial charge in [0.1, 0.15) is 11.6 Å². The fourth-order valence-electron chi connectivity index (χ4n) is 1.52. The first-order valence-electron chi connectivity index (χ1n) is 4.71. The van der Waals surface area contributed by atoms with Gasteiger partial charge in [0.25, 0.3) is 0 Å². The zero-order valence-electron chi connectivity index (χ0n) is 8.10. The summed E-state index contributed by atoms with van der Waals surface area (Å²) >= 11 is 1.99. The molecule has 1 fully saturated rings. The van der Waals surface area contributed by atoms with Gasteiger partial charge >= 0.3 is 0 Å². The summed E-state index contributed by atoms with van der Waals surface area (Å²) < 4.78 is 0. The van der Waals surface area contributed by atoms with Crippen LogP contribution in [-0.4, -0.2) is 27.0 Å². The van der Waals surface area contributed by atoms with E-state index in [0.29, 0.717) is 17.1 Å². The zero-order valence-corrected chi connectivity index (χ0v) is 8.92. The average molecular weight is 210 g/mol. The van der Waals surface area contributed by atoms with Gasteiger partial charge < -0.3 is 11.1 Å². The van der Waals surface area contributed by atoms with Gasteiger partial charge in [-0.1, -0.05) is 6.92 Å². The summed E-state index contributed by atoms with van der Waals surface area (Å²) in [6.07, 6.45) is 4.46. The maximum absolute atomic E-state index is 5.46. The normalized spacial score (nSPS) is 26.4. The lowest BCUT2D eigenvalue weighted by atomic mass is 10.2. The van der Waals surface area contributed by atoms with Gasteiger partial charge in [-0.05, 0) is 12.2 Å². The first-order chi connectivity index (χ1) is 6.75. The fraction of sp³-hybridized carbons (Fsp3) is 0.556. The molecular formula is C9H14N4S. The van der Waals surface area contributed by atoms with E-state index in [9.17, 15) is 0 Å². The Kier molecular flexibility index (Phi) is 2.77. The van der Waals surface area contributed by atoms with Crippen LogP contribution in [0, 0.1) is 0 Å². The van der Waals surface area contributed by atoms with Gasteiger partial charge in [-0.2, -0.15) is 11.8 Å². The second kappa shape index (κ2) is 4.04. The van der Waals surface area contributed by atoms with Gasteiger partial charge in [0, 0.05) is 11.3 Å². The first-order valence-corrected chi connectivity index (χ1v) is 5.76. The topological polar surface area (TPSA) is 63.8 Å². The number of nitrogens with zero attached hydrogens (tertiary/aromatic N) is 2. The number of thioether (sulfide) groups is 1. The summed E-state index contributed by atoms with van der Waals surface area (Å²) in [7, 11) is 0. The molecule has 76 valence electrons. The van der Waals surface area contributed by atoms with Crippen molar-refractivity contribution < 1.29 is 0 Å². The minimum Gasteiger partial charge on any atom is -0.382 e. The van der Waals surface area contributed by atoms with Gasteiger partial charge in [-0.3, -0.25) is 0 Å². The Balaban J connectivity index is 2.00. The summed E-state index contributed by atoms with van der Waals surface area (Å²) in [5.74, 6) is 2.50. The molecule has 0 saturated carbocycles. The number of nitrogens with one attached hydrogen (secondary N) is 1. The molecular weight excluding hydrogens is 196 g/mol. The van der Waals surface area contributed by atoms with Crippen molar-refractivity contribution >= 4 is 23.4 Å². The molecule has 2 rings (SSSR count). The maximum atomic E-state index is 5.46. The summed E-state index contributed by atoms with van der Waals surface area (Å²) in [6.45, 7) is 2.24. The molecule has 0 spiro atoms. The molecule has 5 heteroatoms. The molecule has 0 aromatic carbocycles. The monoisotopic (exact) mass is 210 g/mol. The third-order valence-electron chi connectivity index (χ3n) is 2.38. The molecule has 14 heavy (non-hydrogen) atoms. The number of rotatable bonds is 2. The zero-order chi connectivity index (χ0) is 9.97. The fourth-order valence-corrected chi connectivity index (χ4v) is 2.72. The lowest BCUT2D eigenvalue weighted by Crippen LogP contribution is -2.25. The number of hydrogen-bond acceptors (Lipinski definition) is 5. The van der Waals surface area contributed by atoms with Crippen LogP contribution in [0.15, 0.2) is 12.4 Å². The molecule has 0 bridgehead atoms. The van der Waals surface area contributed by atoms with Crippen LogP contribution in [0.4, 0.5) is 11.6 Å². The molecule has 3 N–H and O–H groups in total. The Bertz CT molecular complexity index is 300. The van der Waals surface area contributed by atoms with Crippen LogP contribution in [0.2, 0.25) is 0 Å². The van der Waals surface area contributed by atoms with E-state index in [1.807, 2.05) is 11.8 Å². The van der Waals surface area contributed by atoms with E-state index < -0.39 is 0 Å². The summed E-state index contributed by atoms with van der Waals surface area (Å²) in [4.78, 5) is 8.16. The third-order valence-corrected chi connectivity index (χ3v) is 3.71. The highest BCUT2D eigenvalue weighted by Gasteiger charge is 2.23. The Morgan fingerprint density at radius 1 is 1.50 bits per heavy atom. The van der Waals surface area contributed by atoms with Gasteiger partial charge in [0.15, 0.2) is 0 Å². The van der Waals surface area contributed by atoms with Crippen molar-refractivity contribution in [2.75, 3.05) is 16.8 Å². The predicted octanol–water partition coefficient (Wildman–Crippen LogP) is 1.36. The molecule has 1 aliphatic rings. The van der Waals surface area contributed by atoms with Crippen molar-refractivity contribution in [3.8, 4) is 0 Å². The van der Waals surface area contributed by atoms with Crippen LogP contribution in [0.5, 0.6) is 0 Å². The molecule has 1 saturated heterocycles. The van der Waals surface area contributed by atoms with Gasteiger partial charge in [0.2, 0.25) is 0 Å². The smallest absolute Gasteiger partial charge is 0.144 e. The number of anilines is 2. The van der Waals surface area contributed by atoms with Gasteiger partial charge in [-0.15, -0.1) is 0 Å². The Hall–Kier alpha value is -0.970. The summed E-state index contributed by atoms with van der Waals surface area (Å²) in [5.41, 5.74) is 5.46. The number of nitrogen functional groups attached to an aromatic ring is 1. The Labute approximate surface area is 87.7 Å². The molecule has 2 heterocycles. The summed E-state index contributed by atoms with van der Waals surface area (Å²) in [5, 5.41) is 4.02. The lowest BCUT2D eigenvalue weighted by molar-refractivity contribution is 0.719. The first kappa shape index (κ1) is 9.58. The molecule has 1 aliphatic heterocycles. The molecule has 0 radical (unpaired) electrons. The predicted molar refractivity (Wildman–Crippen MR) is 60.4 cm³/mol. The van der Waals surface area contributed by atoms with Gasteiger partial charge in [-0.25, -0.2) is 9.97 Å². The number of hydrogen-bond donors (Lipinski definition) is 2. The second-order valence-corrected chi connectivity index (χ2v) is 4.93. The highest BCUT2D eigenvalue weighted by atomic mass is 32.2. The largest absolute Gasteiger partial charge is 0.382 e. The molecule has 1 aromatic rings. The van der Waals surface area contributed by atoms with E-state index in [1.165, 1.54) is 12.2 Å². The number of aromatic nitrogens is 2. The highest BCUT2D eigenvalue weighted by Crippen LogP contribution is 2.28. The van der Waals surface area contributed by atoms with Crippen molar-refractivity contribution in [3.63, 3.8) is 0 Å². The summed E-state index contributed by atoms with van der Waals surface area (Å²) in [6, 6.07) is 0.512. The van der Waals surface area contributed by atoms with Crippen molar-refractivity contribution in [1.29, 1.82) is 0 Å². The molecule has 2 unspecified atom stereocenters. The Morgan fingerprint density at radius 2 is 2.36 bits per heavy atom. The van der Waals surface area contributed by atoms with E-state index in [2.05, 4.69) is 22.2 Å². The lowest BCUT2D eigenvalue weighted by Gasteiger charge is -2.16. The molecule has 1 aromatic heterocycles. The van der Waals surface area contributed by atoms with Crippen LogP contribution in [0.25, 0.3) is 0 Å². The van der Waals surface area contributed by atoms with Crippen LogP contribution >= 0.6 is 11.8 Å². The molecule has 2 atom stereocenters. The average Bonchev–Trinajstić information content (AvgIpc) is 2.56. The maximum Gasteiger partial charge on any atom is 0.144 e. The van der Waals surface area contributed by atoms with Crippen LogP contribution < -0.4 is 11.1 Å². The van der Waals surface area contributed by atoms with Crippen LogP contribution in [0.3, 0.4) is 0 Å². The van der Waals surface area contributed by atoms with Crippen LogP contribution in [-0.2, 0) is 0 Å². The Morgan fingerprint density at radius 3 is 2.93 bits per heavy atom. The third kappa shape index (κ3) is 2.09. The van der Waals surface area contributed by atoms with E-state index in [4.69, 9.17) is 5.73 Å². The van der Waals surface area contributed by atoms with E-state index in [1.54, 1.807) is 12.4 Å². The highest BCUT2D eigenvalue weighted by molar-refractivity contribution is 8.00. The van der Waals surface area contributed by atoms with Crippen molar-refractivity contribution in [3.05, 3.63) is 12.4 Å². The molecule has 0 amide bonds. The minimum atomic E-state index is 0.462. The van der Waals surface area contributed by atoms with Crippen molar-refractivity contribution in [2.45, 2.75) is 24.6 Å². The van der Waals surface area contributed by atoms with Crippen molar-refractivity contribution in [1.82, 2.24) is 9.97 Å². The van der Waals surface area contributed by atoms with E-state index >= 15 is 0 Å². The van der Waals surface area contributed by atoms with Crippen LogP contribution in [0.1, 0.15) is 13.3 Å². The van der Waals surface area contributed by atoms with E-state index in [-0.39, 0.29) is 0 Å². The minimum absolute atomic E-state index is 0.462. The second-order valence-electron chi connectivity index (χ2n) is 3.44. The molecule has 0 aliphatic carbocycles. The quantitative estimate of drug-likeness (QED) is 0.771. The number of nitrogens with two attached hydrogens (primary N) is 1. The molecule has 4 nitrogen and oxygen atoms in total.